The molecule has 0 saturated carbocycles. The van der Waals surface area contributed by atoms with Crippen LogP contribution in [0.25, 0.3) is 0 Å². The van der Waals surface area contributed by atoms with E-state index in [1.54, 1.807) is 36.4 Å². The van der Waals surface area contributed by atoms with Gasteiger partial charge in [0.2, 0.25) is 0 Å². The van der Waals surface area contributed by atoms with Gasteiger partial charge < -0.3 is 14.7 Å². The van der Waals surface area contributed by atoms with Crippen LogP contribution in [0.5, 0.6) is 5.75 Å². The van der Waals surface area contributed by atoms with Gasteiger partial charge in [-0.15, -0.1) is 11.8 Å². The van der Waals surface area contributed by atoms with E-state index < -0.39 is 12.0 Å². The lowest BCUT2D eigenvalue weighted by Crippen LogP contribution is -2.42. The minimum Gasteiger partial charge on any atom is -0.494 e. The molecule has 0 bridgehead atoms. The maximum Gasteiger partial charge on any atom is 0.327 e. The van der Waals surface area contributed by atoms with Crippen LogP contribution in [0.3, 0.4) is 0 Å². The molecule has 0 spiro atoms. The highest BCUT2D eigenvalue weighted by atomic mass is 35.5. The van der Waals surface area contributed by atoms with E-state index in [9.17, 15) is 14.7 Å². The van der Waals surface area contributed by atoms with E-state index in [2.05, 4.69) is 6.92 Å². The number of unbranched alkanes of at least 4 members (excludes halogenated alkanes) is 1. The summed E-state index contributed by atoms with van der Waals surface area (Å²) < 4.78 is 5.63. The lowest BCUT2D eigenvalue weighted by molar-refractivity contribution is -0.141. The van der Waals surface area contributed by atoms with Crippen LogP contribution in [-0.4, -0.2) is 40.3 Å². The molecule has 0 radical (unpaired) electrons. The summed E-state index contributed by atoms with van der Waals surface area (Å²) in [4.78, 5) is 26.3. The summed E-state index contributed by atoms with van der Waals surface area (Å²) in [6.07, 6.45) is 2.01. The summed E-state index contributed by atoms with van der Waals surface area (Å²) in [5, 5.41) is 9.83. The van der Waals surface area contributed by atoms with Crippen LogP contribution in [-0.2, 0) is 4.79 Å². The van der Waals surface area contributed by atoms with Crippen molar-refractivity contribution in [2.75, 3.05) is 12.4 Å². The molecule has 1 aliphatic rings. The lowest BCUT2D eigenvalue weighted by atomic mass is 10.1. The highest BCUT2D eigenvalue weighted by Crippen LogP contribution is 2.42. The molecule has 0 aromatic heterocycles. The van der Waals surface area contributed by atoms with Crippen molar-refractivity contribution in [3.05, 3.63) is 64.7 Å². The largest absolute Gasteiger partial charge is 0.494 e. The summed E-state index contributed by atoms with van der Waals surface area (Å²) in [5.74, 6) is -0.272. The zero-order valence-electron chi connectivity index (χ0n) is 15.5. The molecule has 2 aromatic rings. The fourth-order valence-corrected chi connectivity index (χ4v) is 4.55. The van der Waals surface area contributed by atoms with Gasteiger partial charge >= 0.3 is 5.97 Å². The second-order valence-electron chi connectivity index (χ2n) is 6.53. The molecule has 1 fully saturated rings. The van der Waals surface area contributed by atoms with Crippen molar-refractivity contribution in [2.24, 2.45) is 0 Å². The maximum atomic E-state index is 13.2. The first-order valence-electron chi connectivity index (χ1n) is 9.16. The monoisotopic (exact) mass is 419 g/mol. The molecule has 2 atom stereocenters. The highest BCUT2D eigenvalue weighted by molar-refractivity contribution is 7.99. The van der Waals surface area contributed by atoms with Crippen LogP contribution in [0.15, 0.2) is 48.5 Å². The summed E-state index contributed by atoms with van der Waals surface area (Å²) in [6.45, 7) is 2.72. The van der Waals surface area contributed by atoms with Crippen molar-refractivity contribution in [1.82, 2.24) is 4.90 Å². The minimum absolute atomic E-state index is 0.308. The molecule has 1 aliphatic heterocycles. The smallest absolute Gasteiger partial charge is 0.327 e. The molecule has 2 aromatic carbocycles. The number of rotatable bonds is 7. The molecule has 2 unspecified atom stereocenters. The van der Waals surface area contributed by atoms with Crippen LogP contribution in [0, 0.1) is 0 Å². The average molecular weight is 420 g/mol. The fourth-order valence-electron chi connectivity index (χ4n) is 3.01. The predicted octanol–water partition coefficient (Wildman–Crippen LogP) is 4.86. The fraction of sp³-hybridized carbons (Fsp3) is 0.333. The number of hydrogen-bond acceptors (Lipinski definition) is 4. The quantitative estimate of drug-likeness (QED) is 0.649. The van der Waals surface area contributed by atoms with Crippen LogP contribution >= 0.6 is 23.4 Å². The van der Waals surface area contributed by atoms with Crippen molar-refractivity contribution in [3.63, 3.8) is 0 Å². The maximum absolute atomic E-state index is 13.2. The second kappa shape index (κ2) is 9.34. The first-order valence-corrected chi connectivity index (χ1v) is 10.6. The first kappa shape index (κ1) is 20.6. The van der Waals surface area contributed by atoms with Crippen molar-refractivity contribution < 1.29 is 19.4 Å². The number of benzene rings is 2. The third-order valence-corrected chi connectivity index (χ3v) is 6.12. The topological polar surface area (TPSA) is 66.8 Å². The molecule has 1 saturated heterocycles. The predicted molar refractivity (Wildman–Crippen MR) is 111 cm³/mol. The molecule has 3 rings (SSSR count). The van der Waals surface area contributed by atoms with Gasteiger partial charge in [0.05, 0.1) is 6.61 Å². The molecule has 28 heavy (non-hydrogen) atoms. The van der Waals surface area contributed by atoms with E-state index in [4.69, 9.17) is 16.3 Å². The van der Waals surface area contributed by atoms with Gasteiger partial charge in [0.15, 0.2) is 0 Å². The van der Waals surface area contributed by atoms with Crippen molar-refractivity contribution in [1.29, 1.82) is 0 Å². The summed E-state index contributed by atoms with van der Waals surface area (Å²) in [5.41, 5.74) is 1.29. The average Bonchev–Trinajstić information content (AvgIpc) is 3.14. The number of thioether (sulfide) groups is 1. The number of ether oxygens (including phenoxy) is 1. The molecule has 1 heterocycles. The van der Waals surface area contributed by atoms with E-state index >= 15 is 0 Å². The number of carboxylic acid groups (broad SMARTS) is 1. The zero-order chi connectivity index (χ0) is 20.1. The summed E-state index contributed by atoms with van der Waals surface area (Å²) >= 11 is 7.40. The van der Waals surface area contributed by atoms with Gasteiger partial charge in [0, 0.05) is 16.3 Å². The highest BCUT2D eigenvalue weighted by Gasteiger charge is 2.42. The number of nitrogens with zero attached hydrogens (tertiary/aromatic N) is 1. The first-order chi connectivity index (χ1) is 13.5. The number of halogens is 1. The number of carbonyl (C=O) groups is 2. The lowest BCUT2D eigenvalue weighted by Gasteiger charge is -2.28. The van der Waals surface area contributed by atoms with E-state index in [1.165, 1.54) is 16.7 Å². The van der Waals surface area contributed by atoms with Crippen LogP contribution in [0.4, 0.5) is 0 Å². The van der Waals surface area contributed by atoms with E-state index in [0.29, 0.717) is 28.7 Å². The van der Waals surface area contributed by atoms with E-state index in [-0.39, 0.29) is 11.3 Å². The Morgan fingerprint density at radius 3 is 2.46 bits per heavy atom. The third-order valence-electron chi connectivity index (χ3n) is 4.54. The molecular formula is C21H22ClNO4S. The Hall–Kier alpha value is -2.18. The number of aliphatic carboxylic acids is 1. The number of amides is 1. The third kappa shape index (κ3) is 4.62. The Morgan fingerprint density at radius 1 is 1.18 bits per heavy atom. The number of carbonyl (C=O) groups excluding carboxylic acids is 1. The van der Waals surface area contributed by atoms with Gasteiger partial charge in [0.25, 0.3) is 5.91 Å². The summed E-state index contributed by atoms with van der Waals surface area (Å²) in [6, 6.07) is 13.1. The zero-order valence-corrected chi connectivity index (χ0v) is 17.1. The Balaban J connectivity index is 1.82. The van der Waals surface area contributed by atoms with Crippen LogP contribution in [0.1, 0.15) is 41.1 Å². The van der Waals surface area contributed by atoms with Gasteiger partial charge in [-0.2, -0.15) is 0 Å². The Labute approximate surface area is 173 Å². The molecule has 5 nitrogen and oxygen atoms in total. The SMILES string of the molecule is CCCCOc1ccc(C(=O)N2C(C(=O)O)CSC2c2ccc(Cl)cc2)cc1. The number of carboxylic acids is 1. The molecular weight excluding hydrogens is 398 g/mol. The van der Waals surface area contributed by atoms with Crippen LogP contribution < -0.4 is 4.74 Å². The van der Waals surface area contributed by atoms with E-state index in [1.807, 2.05) is 12.1 Å². The van der Waals surface area contributed by atoms with Crippen molar-refractivity contribution >= 4 is 35.2 Å². The summed E-state index contributed by atoms with van der Waals surface area (Å²) in [7, 11) is 0. The molecule has 7 heteroatoms. The van der Waals surface area contributed by atoms with Crippen LogP contribution in [0.2, 0.25) is 5.02 Å². The van der Waals surface area contributed by atoms with Gasteiger partial charge in [-0.25, -0.2) is 4.79 Å². The molecule has 1 N–H and O–H groups in total. The molecule has 148 valence electrons. The molecule has 1 amide bonds. The Bertz CT molecular complexity index is 825. The second-order valence-corrected chi connectivity index (χ2v) is 8.08. The Morgan fingerprint density at radius 2 is 1.86 bits per heavy atom. The Kier molecular flexibility index (Phi) is 6.86. The van der Waals surface area contributed by atoms with Crippen molar-refractivity contribution in [3.8, 4) is 5.75 Å². The van der Waals surface area contributed by atoms with E-state index in [0.717, 1.165) is 18.4 Å². The normalized spacial score (nSPS) is 18.9. The van der Waals surface area contributed by atoms with Gasteiger partial charge in [-0.3, -0.25) is 4.79 Å². The number of hydrogen-bond donors (Lipinski definition) is 1. The van der Waals surface area contributed by atoms with Gasteiger partial charge in [0.1, 0.15) is 17.2 Å². The van der Waals surface area contributed by atoms with Gasteiger partial charge in [-0.05, 0) is 48.4 Å². The minimum atomic E-state index is -1.00. The molecule has 0 aliphatic carbocycles. The standard InChI is InChI=1S/C21H22ClNO4S/c1-2-3-12-27-17-10-6-14(7-11-17)19(24)23-18(21(25)26)13-28-20(23)15-4-8-16(22)9-5-15/h4-11,18,20H,2-3,12-13H2,1H3,(H,25,26). The van der Waals surface area contributed by atoms with Gasteiger partial charge in [-0.1, -0.05) is 37.1 Å². The van der Waals surface area contributed by atoms with Crippen molar-refractivity contribution in [2.45, 2.75) is 31.2 Å².